The van der Waals surface area contributed by atoms with Crippen LogP contribution in [0.5, 0.6) is 0 Å². The summed E-state index contributed by atoms with van der Waals surface area (Å²) in [5.74, 6) is 0.241. The molecule has 0 bridgehead atoms. The first-order valence-electron chi connectivity index (χ1n) is 6.93. The van der Waals surface area contributed by atoms with Crippen molar-refractivity contribution in [3.05, 3.63) is 50.6 Å². The molecule has 1 atom stereocenters. The third-order valence-corrected chi connectivity index (χ3v) is 4.10. The number of benzene rings is 1. The number of hydrogen-bond acceptors (Lipinski definition) is 7. The maximum Gasteiger partial charge on any atom is 0.329 e. The summed E-state index contributed by atoms with van der Waals surface area (Å²) >= 11 is 3.40. The summed E-state index contributed by atoms with van der Waals surface area (Å²) < 4.78 is 6.80. The molecule has 1 aromatic carbocycles. The molecular formula is C14H14BrN5O3. The molecule has 2 N–H and O–H groups in total. The molecule has 1 unspecified atom stereocenters. The highest BCUT2D eigenvalue weighted by molar-refractivity contribution is 9.10. The van der Waals surface area contributed by atoms with Crippen LogP contribution in [-0.4, -0.2) is 34.6 Å². The number of halogens is 1. The highest BCUT2D eigenvalue weighted by atomic mass is 79.9. The zero-order valence-corrected chi connectivity index (χ0v) is 13.6. The van der Waals surface area contributed by atoms with E-state index in [1.807, 2.05) is 29.2 Å². The molecule has 0 radical (unpaired) electrons. The van der Waals surface area contributed by atoms with Crippen LogP contribution in [0, 0.1) is 10.1 Å². The lowest BCUT2D eigenvalue weighted by atomic mass is 10.1. The molecule has 23 heavy (non-hydrogen) atoms. The number of nitro groups is 1. The summed E-state index contributed by atoms with van der Waals surface area (Å²) in [7, 11) is 0. The zero-order chi connectivity index (χ0) is 16.4. The highest BCUT2D eigenvalue weighted by Gasteiger charge is 2.25. The average Bonchev–Trinajstić information content (AvgIpc) is 2.55. The van der Waals surface area contributed by atoms with Crippen molar-refractivity contribution in [2.24, 2.45) is 0 Å². The molecule has 0 saturated carbocycles. The van der Waals surface area contributed by atoms with Crippen molar-refractivity contribution in [1.29, 1.82) is 0 Å². The van der Waals surface area contributed by atoms with Crippen molar-refractivity contribution in [3.63, 3.8) is 0 Å². The van der Waals surface area contributed by atoms with Gasteiger partial charge in [0.1, 0.15) is 12.3 Å². The largest absolute Gasteiger partial charge is 0.378 e. The first-order valence-corrected chi connectivity index (χ1v) is 7.73. The molecular weight excluding hydrogens is 366 g/mol. The molecule has 120 valence electrons. The summed E-state index contributed by atoms with van der Waals surface area (Å²) in [6.45, 7) is 1.67. The van der Waals surface area contributed by atoms with Crippen molar-refractivity contribution in [2.75, 3.05) is 30.3 Å². The van der Waals surface area contributed by atoms with Crippen molar-refractivity contribution in [3.8, 4) is 0 Å². The van der Waals surface area contributed by atoms with Gasteiger partial charge < -0.3 is 15.4 Å². The van der Waals surface area contributed by atoms with E-state index in [9.17, 15) is 10.1 Å². The van der Waals surface area contributed by atoms with Gasteiger partial charge in [0.2, 0.25) is 11.8 Å². The van der Waals surface area contributed by atoms with Gasteiger partial charge in [-0.05, 0) is 17.7 Å². The lowest BCUT2D eigenvalue weighted by molar-refractivity contribution is -0.384. The van der Waals surface area contributed by atoms with E-state index < -0.39 is 4.92 Å². The van der Waals surface area contributed by atoms with Gasteiger partial charge in [0, 0.05) is 11.0 Å². The van der Waals surface area contributed by atoms with Crippen LogP contribution >= 0.6 is 15.9 Å². The van der Waals surface area contributed by atoms with Crippen LogP contribution in [-0.2, 0) is 4.74 Å². The van der Waals surface area contributed by atoms with E-state index in [4.69, 9.17) is 10.5 Å². The average molecular weight is 380 g/mol. The molecule has 1 aliphatic heterocycles. The van der Waals surface area contributed by atoms with Crippen molar-refractivity contribution >= 4 is 33.4 Å². The van der Waals surface area contributed by atoms with Crippen LogP contribution in [0.4, 0.5) is 17.5 Å². The Balaban J connectivity index is 1.79. The predicted octanol–water partition coefficient (Wildman–Crippen LogP) is 2.31. The van der Waals surface area contributed by atoms with E-state index in [-0.39, 0.29) is 17.6 Å². The Labute approximate surface area is 140 Å². The molecule has 0 spiro atoms. The van der Waals surface area contributed by atoms with Gasteiger partial charge in [0.25, 0.3) is 0 Å². The van der Waals surface area contributed by atoms with Gasteiger partial charge in [-0.1, -0.05) is 28.1 Å². The molecule has 1 fully saturated rings. The van der Waals surface area contributed by atoms with Gasteiger partial charge in [-0.3, -0.25) is 10.1 Å². The van der Waals surface area contributed by atoms with Gasteiger partial charge in [-0.25, -0.2) is 4.98 Å². The van der Waals surface area contributed by atoms with Gasteiger partial charge in [-0.2, -0.15) is 4.98 Å². The molecule has 2 heterocycles. The number of nitrogens with two attached hydrogens (primary N) is 1. The number of ether oxygens (including phenoxy) is 1. The second-order valence-corrected chi connectivity index (χ2v) is 5.97. The Morgan fingerprint density at radius 3 is 2.78 bits per heavy atom. The van der Waals surface area contributed by atoms with Crippen LogP contribution in [0.2, 0.25) is 0 Å². The van der Waals surface area contributed by atoms with Gasteiger partial charge in [0.15, 0.2) is 0 Å². The van der Waals surface area contributed by atoms with Crippen molar-refractivity contribution in [1.82, 2.24) is 9.97 Å². The first kappa shape index (κ1) is 15.6. The standard InChI is InChI=1S/C14H14BrN5O3/c15-10-3-1-9(2-4-10)12-8-19(5-6-23-12)14-17-7-11(20(21)22)13(16)18-14/h1-4,7,12H,5-6,8H2,(H2,16,17,18). The minimum atomic E-state index is -0.594. The summed E-state index contributed by atoms with van der Waals surface area (Å²) in [6.07, 6.45) is 1.03. The molecule has 1 saturated heterocycles. The van der Waals surface area contributed by atoms with E-state index >= 15 is 0 Å². The van der Waals surface area contributed by atoms with Gasteiger partial charge in [0.05, 0.1) is 18.1 Å². The van der Waals surface area contributed by atoms with Crippen LogP contribution in [0.15, 0.2) is 34.9 Å². The second-order valence-electron chi connectivity index (χ2n) is 5.05. The summed E-state index contributed by atoms with van der Waals surface area (Å²) in [5, 5.41) is 10.8. The van der Waals surface area contributed by atoms with E-state index in [0.717, 1.165) is 16.2 Å². The Kier molecular flexibility index (Phi) is 4.39. The minimum Gasteiger partial charge on any atom is -0.378 e. The van der Waals surface area contributed by atoms with Gasteiger partial charge in [-0.15, -0.1) is 0 Å². The Morgan fingerprint density at radius 1 is 1.39 bits per heavy atom. The lowest BCUT2D eigenvalue weighted by Gasteiger charge is -2.33. The fourth-order valence-corrected chi connectivity index (χ4v) is 2.65. The number of rotatable bonds is 3. The summed E-state index contributed by atoms with van der Waals surface area (Å²) in [5.41, 5.74) is 6.40. The fourth-order valence-electron chi connectivity index (χ4n) is 2.38. The summed E-state index contributed by atoms with van der Waals surface area (Å²) in [4.78, 5) is 20.2. The maximum atomic E-state index is 10.8. The molecule has 3 rings (SSSR count). The Bertz CT molecular complexity index is 725. The molecule has 1 aliphatic rings. The Hall–Kier alpha value is -2.26. The predicted molar refractivity (Wildman–Crippen MR) is 88.1 cm³/mol. The second kappa shape index (κ2) is 6.47. The maximum absolute atomic E-state index is 10.8. The monoisotopic (exact) mass is 379 g/mol. The third-order valence-electron chi connectivity index (χ3n) is 3.57. The fraction of sp³-hybridized carbons (Fsp3) is 0.286. The van der Waals surface area contributed by atoms with Crippen LogP contribution in [0.1, 0.15) is 11.7 Å². The number of hydrogen-bond donors (Lipinski definition) is 1. The number of nitrogen functional groups attached to an aromatic ring is 1. The van der Waals surface area contributed by atoms with Crippen molar-refractivity contribution in [2.45, 2.75) is 6.10 Å². The molecule has 0 amide bonds. The number of anilines is 2. The highest BCUT2D eigenvalue weighted by Crippen LogP contribution is 2.27. The topological polar surface area (TPSA) is 107 Å². The Morgan fingerprint density at radius 2 is 2.13 bits per heavy atom. The molecule has 1 aromatic heterocycles. The van der Waals surface area contributed by atoms with E-state index in [2.05, 4.69) is 25.9 Å². The SMILES string of the molecule is Nc1nc(N2CCOC(c3ccc(Br)cc3)C2)ncc1[N+](=O)[O-]. The third kappa shape index (κ3) is 3.40. The smallest absolute Gasteiger partial charge is 0.329 e. The molecule has 0 aliphatic carbocycles. The van der Waals surface area contributed by atoms with Crippen LogP contribution in [0.3, 0.4) is 0 Å². The molecule has 2 aromatic rings. The molecule has 9 heteroatoms. The van der Waals surface area contributed by atoms with E-state index in [1.54, 1.807) is 0 Å². The lowest BCUT2D eigenvalue weighted by Crippen LogP contribution is -2.39. The normalized spacial score (nSPS) is 18.0. The molecule has 8 nitrogen and oxygen atoms in total. The minimum absolute atomic E-state index is 0.114. The van der Waals surface area contributed by atoms with E-state index in [0.29, 0.717) is 25.6 Å². The summed E-state index contributed by atoms with van der Waals surface area (Å²) in [6, 6.07) is 7.89. The quantitative estimate of drug-likeness (QED) is 0.643. The zero-order valence-electron chi connectivity index (χ0n) is 12.1. The number of aromatic nitrogens is 2. The van der Waals surface area contributed by atoms with Crippen LogP contribution < -0.4 is 10.6 Å². The van der Waals surface area contributed by atoms with Crippen molar-refractivity contribution < 1.29 is 9.66 Å². The number of nitrogens with zero attached hydrogens (tertiary/aromatic N) is 4. The first-order chi connectivity index (χ1) is 11.0. The van der Waals surface area contributed by atoms with Crippen LogP contribution in [0.25, 0.3) is 0 Å². The number of morpholine rings is 1. The van der Waals surface area contributed by atoms with E-state index in [1.165, 1.54) is 0 Å². The van der Waals surface area contributed by atoms with Gasteiger partial charge >= 0.3 is 5.69 Å².